The van der Waals surface area contributed by atoms with Crippen LogP contribution < -0.4 is 16.6 Å². The van der Waals surface area contributed by atoms with E-state index < -0.39 is 11.2 Å². The molecule has 1 N–H and O–H groups in total. The van der Waals surface area contributed by atoms with Crippen LogP contribution >= 0.6 is 11.6 Å². The Balaban J connectivity index is 1.63. The standard InChI is InChI=1S/C21H18ClN5O3/c1-25-17-16(19(29)26(2)21(25)30)27(20(22)24-17)12-13-8-10-14(11-9-13)18(28)23-15-6-4-3-5-7-15/h3-11H,12H2,1-2H3,(H,23,28). The fraction of sp³-hybridized carbons (Fsp3) is 0.143. The summed E-state index contributed by atoms with van der Waals surface area (Å²) in [5.74, 6) is -0.220. The normalized spacial score (nSPS) is 11.0. The molecule has 9 heteroatoms. The molecule has 0 fully saturated rings. The van der Waals surface area contributed by atoms with E-state index in [2.05, 4.69) is 10.3 Å². The van der Waals surface area contributed by atoms with Gasteiger partial charge in [0.15, 0.2) is 11.2 Å². The summed E-state index contributed by atoms with van der Waals surface area (Å²) < 4.78 is 3.86. The van der Waals surface area contributed by atoms with Gasteiger partial charge in [-0.05, 0) is 41.4 Å². The molecule has 2 aromatic heterocycles. The van der Waals surface area contributed by atoms with Crippen LogP contribution in [0.4, 0.5) is 5.69 Å². The van der Waals surface area contributed by atoms with E-state index in [9.17, 15) is 14.4 Å². The molecule has 8 nitrogen and oxygen atoms in total. The van der Waals surface area contributed by atoms with Crippen molar-refractivity contribution in [2.45, 2.75) is 6.54 Å². The predicted octanol–water partition coefficient (Wildman–Crippen LogP) is 2.39. The van der Waals surface area contributed by atoms with Crippen LogP contribution in [-0.2, 0) is 20.6 Å². The highest BCUT2D eigenvalue weighted by Crippen LogP contribution is 2.18. The maximum atomic E-state index is 12.6. The molecule has 1 amide bonds. The van der Waals surface area contributed by atoms with Gasteiger partial charge >= 0.3 is 5.69 Å². The summed E-state index contributed by atoms with van der Waals surface area (Å²) in [4.78, 5) is 41.3. The third-order valence-electron chi connectivity index (χ3n) is 4.89. The van der Waals surface area contributed by atoms with Gasteiger partial charge in [0.1, 0.15) is 0 Å². The van der Waals surface area contributed by atoms with Crippen LogP contribution in [0.1, 0.15) is 15.9 Å². The molecule has 4 rings (SSSR count). The molecule has 0 bridgehead atoms. The minimum Gasteiger partial charge on any atom is -0.322 e. The number of benzene rings is 2. The number of halogens is 1. The van der Waals surface area contributed by atoms with E-state index in [0.29, 0.717) is 11.3 Å². The monoisotopic (exact) mass is 423 g/mol. The highest BCUT2D eigenvalue weighted by Gasteiger charge is 2.18. The summed E-state index contributed by atoms with van der Waals surface area (Å²) in [6.07, 6.45) is 0. The molecule has 0 radical (unpaired) electrons. The fourth-order valence-corrected chi connectivity index (χ4v) is 3.46. The van der Waals surface area contributed by atoms with Gasteiger partial charge in [-0.1, -0.05) is 30.3 Å². The minimum absolute atomic E-state index is 0.106. The molecule has 0 spiro atoms. The lowest BCUT2D eigenvalue weighted by atomic mass is 10.1. The van der Waals surface area contributed by atoms with Gasteiger partial charge in [-0.3, -0.25) is 18.7 Å². The number of carbonyl (C=O) groups is 1. The first-order chi connectivity index (χ1) is 14.4. The summed E-state index contributed by atoms with van der Waals surface area (Å²) in [6, 6.07) is 16.2. The molecule has 0 unspecified atom stereocenters. The Hall–Kier alpha value is -3.65. The quantitative estimate of drug-likeness (QED) is 0.510. The highest BCUT2D eigenvalue weighted by atomic mass is 35.5. The maximum absolute atomic E-state index is 12.6. The molecule has 152 valence electrons. The van der Waals surface area contributed by atoms with Crippen molar-refractivity contribution in [3.8, 4) is 0 Å². The number of aromatic nitrogens is 4. The van der Waals surface area contributed by atoms with Crippen molar-refractivity contribution in [2.24, 2.45) is 14.1 Å². The zero-order valence-corrected chi connectivity index (χ0v) is 17.1. The molecular formula is C21H18ClN5O3. The Morgan fingerprint density at radius 2 is 1.67 bits per heavy atom. The summed E-state index contributed by atoms with van der Waals surface area (Å²) >= 11 is 6.26. The number of nitrogens with zero attached hydrogens (tertiary/aromatic N) is 4. The van der Waals surface area contributed by atoms with Gasteiger partial charge in [0.25, 0.3) is 11.5 Å². The van der Waals surface area contributed by atoms with Gasteiger partial charge in [-0.25, -0.2) is 4.79 Å². The molecule has 0 saturated carbocycles. The topological polar surface area (TPSA) is 90.9 Å². The lowest BCUT2D eigenvalue weighted by Gasteiger charge is -2.09. The molecule has 0 aliphatic rings. The van der Waals surface area contributed by atoms with Crippen LogP contribution in [0.3, 0.4) is 0 Å². The van der Waals surface area contributed by atoms with Crippen LogP contribution in [0, 0.1) is 0 Å². The van der Waals surface area contributed by atoms with Crippen LogP contribution in [0.15, 0.2) is 64.2 Å². The first-order valence-corrected chi connectivity index (χ1v) is 9.51. The summed E-state index contributed by atoms with van der Waals surface area (Å²) in [5, 5.41) is 2.94. The number of aryl methyl sites for hydroxylation is 1. The number of hydrogen-bond donors (Lipinski definition) is 1. The van der Waals surface area contributed by atoms with Gasteiger partial charge in [-0.2, -0.15) is 4.98 Å². The smallest absolute Gasteiger partial charge is 0.322 e. The number of nitrogens with one attached hydrogen (secondary N) is 1. The predicted molar refractivity (Wildman–Crippen MR) is 115 cm³/mol. The second kappa shape index (κ2) is 7.64. The number of carbonyl (C=O) groups excluding carboxylic acids is 1. The molecule has 0 aliphatic heterocycles. The van der Waals surface area contributed by atoms with E-state index in [4.69, 9.17) is 11.6 Å². The van der Waals surface area contributed by atoms with Crippen molar-refractivity contribution in [3.63, 3.8) is 0 Å². The number of para-hydroxylation sites is 1. The van der Waals surface area contributed by atoms with E-state index in [0.717, 1.165) is 10.1 Å². The average Bonchev–Trinajstić information content (AvgIpc) is 3.08. The van der Waals surface area contributed by atoms with Crippen molar-refractivity contribution in [1.29, 1.82) is 0 Å². The Morgan fingerprint density at radius 3 is 2.33 bits per heavy atom. The number of imidazole rings is 1. The fourth-order valence-electron chi connectivity index (χ4n) is 3.23. The summed E-state index contributed by atoms with van der Waals surface area (Å²) in [6.45, 7) is 0.267. The molecule has 0 aliphatic carbocycles. The van der Waals surface area contributed by atoms with E-state index in [-0.39, 0.29) is 28.9 Å². The number of rotatable bonds is 4. The van der Waals surface area contributed by atoms with Crippen molar-refractivity contribution in [1.82, 2.24) is 18.7 Å². The number of amides is 1. The van der Waals surface area contributed by atoms with Gasteiger partial charge in [0.2, 0.25) is 5.28 Å². The van der Waals surface area contributed by atoms with Gasteiger partial charge in [-0.15, -0.1) is 0 Å². The van der Waals surface area contributed by atoms with Crippen molar-refractivity contribution in [2.75, 3.05) is 5.32 Å². The zero-order chi connectivity index (χ0) is 21.4. The summed E-state index contributed by atoms with van der Waals surface area (Å²) in [7, 11) is 2.95. The second-order valence-corrected chi connectivity index (χ2v) is 7.20. The van der Waals surface area contributed by atoms with Crippen molar-refractivity contribution in [3.05, 3.63) is 91.8 Å². The first kappa shape index (κ1) is 19.7. The number of anilines is 1. The highest BCUT2D eigenvalue weighted by molar-refractivity contribution is 6.29. The lowest BCUT2D eigenvalue weighted by molar-refractivity contribution is 0.102. The molecule has 0 saturated heterocycles. The Morgan fingerprint density at radius 1 is 1.00 bits per heavy atom. The third-order valence-corrected chi connectivity index (χ3v) is 5.18. The largest absolute Gasteiger partial charge is 0.332 e. The van der Waals surface area contributed by atoms with Crippen molar-refractivity contribution < 1.29 is 4.79 Å². The number of fused-ring (bicyclic) bond motifs is 1. The third kappa shape index (κ3) is 3.42. The Labute approximate surface area is 176 Å². The summed E-state index contributed by atoms with van der Waals surface area (Å²) in [5.41, 5.74) is 1.58. The molecule has 2 aromatic carbocycles. The van der Waals surface area contributed by atoms with Crippen molar-refractivity contribution >= 4 is 34.4 Å². The second-order valence-electron chi connectivity index (χ2n) is 6.86. The maximum Gasteiger partial charge on any atom is 0.332 e. The van der Waals surface area contributed by atoms with Crippen LogP contribution in [0.2, 0.25) is 5.28 Å². The SMILES string of the molecule is Cn1c(=O)c2c(nc(Cl)n2Cc2ccc(C(=O)Nc3ccccc3)cc2)n(C)c1=O. The molecule has 4 aromatic rings. The van der Waals surface area contributed by atoms with Gasteiger partial charge in [0.05, 0.1) is 6.54 Å². The van der Waals surface area contributed by atoms with E-state index in [1.54, 1.807) is 28.8 Å². The van der Waals surface area contributed by atoms with Crippen LogP contribution in [0.25, 0.3) is 11.2 Å². The molecular weight excluding hydrogens is 406 g/mol. The Bertz CT molecular complexity index is 1370. The van der Waals surface area contributed by atoms with Crippen LogP contribution in [0.5, 0.6) is 0 Å². The molecule has 30 heavy (non-hydrogen) atoms. The van der Waals surface area contributed by atoms with E-state index in [1.165, 1.54) is 18.7 Å². The number of hydrogen-bond acceptors (Lipinski definition) is 4. The van der Waals surface area contributed by atoms with Gasteiger partial charge in [0, 0.05) is 25.3 Å². The van der Waals surface area contributed by atoms with Crippen LogP contribution in [-0.4, -0.2) is 24.6 Å². The average molecular weight is 424 g/mol. The molecule has 0 atom stereocenters. The van der Waals surface area contributed by atoms with E-state index >= 15 is 0 Å². The Kier molecular flexibility index (Phi) is 5.01. The first-order valence-electron chi connectivity index (χ1n) is 9.14. The molecule has 2 heterocycles. The zero-order valence-electron chi connectivity index (χ0n) is 16.3. The van der Waals surface area contributed by atoms with Gasteiger partial charge < -0.3 is 9.88 Å². The minimum atomic E-state index is -0.470. The van der Waals surface area contributed by atoms with E-state index in [1.807, 2.05) is 30.3 Å². The lowest BCUT2D eigenvalue weighted by Crippen LogP contribution is -2.37.